The third-order valence-electron chi connectivity index (χ3n) is 6.36. The molecule has 2 N–H and O–H groups in total. The van der Waals surface area contributed by atoms with Gasteiger partial charge in [-0.05, 0) is 12.8 Å². The minimum atomic E-state index is -4.23. The molecule has 0 bridgehead atoms. The second kappa shape index (κ2) is 31.7. The summed E-state index contributed by atoms with van der Waals surface area (Å²) in [6.45, 7) is 4.25. The second-order valence-corrected chi connectivity index (χ2v) is 13.4. The molecule has 0 aliphatic rings. The second-order valence-electron chi connectivity index (χ2n) is 10.4. The van der Waals surface area contributed by atoms with Crippen LogP contribution < -0.4 is 10.6 Å². The van der Waals surface area contributed by atoms with E-state index in [4.69, 9.17) is 0 Å². The van der Waals surface area contributed by atoms with Crippen LogP contribution in [0.25, 0.3) is 0 Å². The Balaban J connectivity index is -0.000000688. The van der Waals surface area contributed by atoms with Crippen LogP contribution in [0.3, 0.4) is 0 Å². The Morgan fingerprint density at radius 3 is 0.976 bits per heavy atom. The molecule has 0 unspecified atom stereocenters. The fraction of sp³-hybridized carbons (Fsp3) is 0.929. The van der Waals surface area contributed by atoms with Crippen LogP contribution in [0.15, 0.2) is 0 Å². The molecular formula is C28H56BaN2O8S2. The quantitative estimate of drug-likeness (QED) is 0.0724. The number of hydrogen-bond acceptors (Lipinski definition) is 8. The first-order chi connectivity index (χ1) is 18.9. The van der Waals surface area contributed by atoms with Gasteiger partial charge in [0.25, 0.3) is 0 Å². The Morgan fingerprint density at radius 2 is 0.732 bits per heavy atom. The summed E-state index contributed by atoms with van der Waals surface area (Å²) in [6.07, 6.45) is 22.2. The molecule has 0 rings (SSSR count). The summed E-state index contributed by atoms with van der Waals surface area (Å²) in [7, 11) is -8.45. The molecule has 0 saturated heterocycles. The molecule has 0 fully saturated rings. The number of hydrogen-bond donors (Lipinski definition) is 2. The van der Waals surface area contributed by atoms with Gasteiger partial charge in [-0.3, -0.25) is 9.59 Å². The third-order valence-corrected chi connectivity index (χ3v) is 7.77. The van der Waals surface area contributed by atoms with Gasteiger partial charge in [-0.1, -0.05) is 117 Å². The standard InChI is InChI=1S/2C14H29NO4S.Ba/c2*1-2-3-4-5-6-7-8-9-10-11-14(16)15-12-13-20(17,18)19;/h2*2-13H2,1H3,(H,15,16)(H,17,18,19);/q;;+2/p-2. The van der Waals surface area contributed by atoms with Gasteiger partial charge >= 0.3 is 48.9 Å². The molecule has 0 spiro atoms. The normalized spacial score (nSPS) is 11.2. The van der Waals surface area contributed by atoms with Gasteiger partial charge < -0.3 is 19.7 Å². The molecule has 13 heteroatoms. The first-order valence-electron chi connectivity index (χ1n) is 15.3. The van der Waals surface area contributed by atoms with Crippen molar-refractivity contribution in [2.45, 2.75) is 142 Å². The van der Waals surface area contributed by atoms with Crippen LogP contribution in [-0.2, 0) is 29.8 Å². The van der Waals surface area contributed by atoms with E-state index in [-0.39, 0.29) is 73.8 Å². The van der Waals surface area contributed by atoms with E-state index in [1.165, 1.54) is 77.0 Å². The summed E-state index contributed by atoms with van der Waals surface area (Å²) in [6, 6.07) is 0. The zero-order chi connectivity index (χ0) is 30.5. The average molecular weight is 750 g/mol. The molecule has 0 radical (unpaired) electrons. The van der Waals surface area contributed by atoms with Crippen LogP contribution in [0, 0.1) is 0 Å². The van der Waals surface area contributed by atoms with E-state index in [2.05, 4.69) is 24.5 Å². The molecule has 0 saturated carbocycles. The van der Waals surface area contributed by atoms with E-state index in [1.54, 1.807) is 0 Å². The number of rotatable bonds is 26. The van der Waals surface area contributed by atoms with Gasteiger partial charge in [0.05, 0.1) is 31.7 Å². The van der Waals surface area contributed by atoms with Gasteiger partial charge in [0, 0.05) is 25.9 Å². The van der Waals surface area contributed by atoms with Crippen molar-refractivity contribution >= 4 is 80.9 Å². The van der Waals surface area contributed by atoms with Crippen LogP contribution in [0.1, 0.15) is 142 Å². The minimum Gasteiger partial charge on any atom is -0.748 e. The third kappa shape index (κ3) is 44.9. The predicted octanol–water partition coefficient (Wildman–Crippen LogP) is 4.76. The van der Waals surface area contributed by atoms with Crippen LogP contribution in [0.2, 0.25) is 0 Å². The molecule has 0 aromatic carbocycles. The van der Waals surface area contributed by atoms with Crippen LogP contribution in [-0.4, -0.2) is 111 Å². The fourth-order valence-electron chi connectivity index (χ4n) is 4.00. The van der Waals surface area contributed by atoms with Crippen LogP contribution in [0.5, 0.6) is 0 Å². The minimum absolute atomic E-state index is 0. The molecule has 0 heterocycles. The Morgan fingerprint density at radius 1 is 0.488 bits per heavy atom. The van der Waals surface area contributed by atoms with E-state index in [0.29, 0.717) is 12.8 Å². The number of carbonyl (C=O) groups excluding carboxylic acids is 2. The summed E-state index contributed by atoms with van der Waals surface area (Å²) in [5.41, 5.74) is 0. The van der Waals surface area contributed by atoms with E-state index >= 15 is 0 Å². The first-order valence-corrected chi connectivity index (χ1v) is 18.5. The Hall–Kier alpha value is 0.331. The number of carbonyl (C=O) groups is 2. The molecule has 0 aromatic heterocycles. The van der Waals surface area contributed by atoms with Crippen molar-refractivity contribution < 1.29 is 35.5 Å². The van der Waals surface area contributed by atoms with Crippen LogP contribution >= 0.6 is 0 Å². The SMILES string of the molecule is CCCCCCCCCCCC(=O)NCCS(=O)(=O)[O-].CCCCCCCCCCCC(=O)NCCS(=O)(=O)[O-].[Ba+2]. The van der Waals surface area contributed by atoms with Crippen molar-refractivity contribution in [3.8, 4) is 0 Å². The van der Waals surface area contributed by atoms with Gasteiger partial charge in [0.15, 0.2) is 0 Å². The van der Waals surface area contributed by atoms with Gasteiger partial charge in [-0.2, -0.15) is 0 Å². The molecule has 10 nitrogen and oxygen atoms in total. The fourth-order valence-corrected chi connectivity index (χ4v) is 4.70. The van der Waals surface area contributed by atoms with Crippen molar-refractivity contribution in [2.24, 2.45) is 0 Å². The smallest absolute Gasteiger partial charge is 0.748 e. The predicted molar refractivity (Wildman–Crippen MR) is 165 cm³/mol. The monoisotopic (exact) mass is 750 g/mol. The molecule has 41 heavy (non-hydrogen) atoms. The van der Waals surface area contributed by atoms with Crippen molar-refractivity contribution in [1.82, 2.24) is 10.6 Å². The zero-order valence-electron chi connectivity index (χ0n) is 25.8. The molecule has 0 aromatic rings. The molecule has 240 valence electrons. The first kappa shape index (κ1) is 45.8. The average Bonchev–Trinajstić information content (AvgIpc) is 2.85. The van der Waals surface area contributed by atoms with Gasteiger partial charge in [0.2, 0.25) is 11.8 Å². The molecular weight excluding hydrogens is 694 g/mol. The number of unbranched alkanes of at least 4 members (excludes halogenated alkanes) is 16. The van der Waals surface area contributed by atoms with E-state index in [0.717, 1.165) is 38.5 Å². The summed E-state index contributed by atoms with van der Waals surface area (Å²) in [4.78, 5) is 22.7. The number of nitrogens with one attached hydrogen (secondary N) is 2. The van der Waals surface area contributed by atoms with Crippen LogP contribution in [0.4, 0.5) is 0 Å². The van der Waals surface area contributed by atoms with Crippen molar-refractivity contribution in [3.63, 3.8) is 0 Å². The largest absolute Gasteiger partial charge is 2.00 e. The topological polar surface area (TPSA) is 173 Å². The molecule has 2 amide bonds. The summed E-state index contributed by atoms with van der Waals surface area (Å²) < 4.78 is 62.0. The maximum Gasteiger partial charge on any atom is 2.00 e. The number of amides is 2. The summed E-state index contributed by atoms with van der Waals surface area (Å²) in [5.74, 6) is -1.40. The Bertz CT molecular complexity index is 757. The summed E-state index contributed by atoms with van der Waals surface area (Å²) in [5, 5.41) is 4.89. The van der Waals surface area contributed by atoms with Crippen molar-refractivity contribution in [2.75, 3.05) is 24.6 Å². The van der Waals surface area contributed by atoms with E-state index in [1.807, 2.05) is 0 Å². The van der Waals surface area contributed by atoms with Crippen molar-refractivity contribution in [1.29, 1.82) is 0 Å². The Labute approximate surface area is 291 Å². The van der Waals surface area contributed by atoms with E-state index < -0.39 is 31.7 Å². The Kier molecular flexibility index (Phi) is 35.4. The molecule has 0 atom stereocenters. The van der Waals surface area contributed by atoms with Crippen molar-refractivity contribution in [3.05, 3.63) is 0 Å². The zero-order valence-corrected chi connectivity index (χ0v) is 31.8. The van der Waals surface area contributed by atoms with Gasteiger partial charge in [0.1, 0.15) is 0 Å². The van der Waals surface area contributed by atoms with E-state index in [9.17, 15) is 35.5 Å². The maximum absolute atomic E-state index is 11.3. The van der Waals surface area contributed by atoms with Gasteiger partial charge in [-0.15, -0.1) is 0 Å². The van der Waals surface area contributed by atoms with Gasteiger partial charge in [-0.25, -0.2) is 16.8 Å². The molecule has 0 aliphatic carbocycles. The molecule has 0 aliphatic heterocycles. The summed E-state index contributed by atoms with van der Waals surface area (Å²) >= 11 is 0. The maximum atomic E-state index is 11.3.